The summed E-state index contributed by atoms with van der Waals surface area (Å²) in [5, 5.41) is 0. The molecule has 0 aliphatic heterocycles. The zero-order valence-corrected chi connectivity index (χ0v) is 5.54. The van der Waals surface area contributed by atoms with Gasteiger partial charge in [-0.1, -0.05) is 13.2 Å². The van der Waals surface area contributed by atoms with E-state index >= 15 is 0 Å². The number of hydrogen-bond acceptors (Lipinski definition) is 1. The molecule has 0 rings (SSSR count). The molecule has 0 atom stereocenters. The summed E-state index contributed by atoms with van der Waals surface area (Å²) in [5.74, 6) is 0. The predicted octanol–water partition coefficient (Wildman–Crippen LogP) is 1.81. The van der Waals surface area contributed by atoms with Crippen molar-refractivity contribution in [2.75, 3.05) is 0 Å². The predicted molar refractivity (Wildman–Crippen MR) is 42.0 cm³/mol. The van der Waals surface area contributed by atoms with Crippen molar-refractivity contribution in [1.82, 2.24) is 0 Å². The fourth-order valence-electron chi connectivity index (χ4n) is 0.224. The van der Waals surface area contributed by atoms with Crippen LogP contribution in [-0.2, 0) is 0 Å². The van der Waals surface area contributed by atoms with Crippen molar-refractivity contribution in [3.63, 3.8) is 0 Å². The standard InChI is InChI=1S/C7H10N2/c1-4-7(3)9-6-8-5-2/h4-6H,1-2H2,3H3. The highest BCUT2D eigenvalue weighted by molar-refractivity contribution is 5.96. The molecule has 0 unspecified atom stereocenters. The molecule has 0 saturated heterocycles. The highest BCUT2D eigenvalue weighted by Gasteiger charge is 1.72. The lowest BCUT2D eigenvalue weighted by atomic mass is 10.4. The summed E-state index contributed by atoms with van der Waals surface area (Å²) in [5.41, 5.74) is 0.848. The molecule has 2 nitrogen and oxygen atoms in total. The van der Waals surface area contributed by atoms with E-state index in [-0.39, 0.29) is 0 Å². The lowest BCUT2D eigenvalue weighted by Gasteiger charge is -1.80. The van der Waals surface area contributed by atoms with E-state index in [2.05, 4.69) is 23.1 Å². The lowest BCUT2D eigenvalue weighted by Crippen LogP contribution is -1.81. The van der Waals surface area contributed by atoms with E-state index in [1.54, 1.807) is 6.08 Å². The molecule has 0 spiro atoms. The van der Waals surface area contributed by atoms with Crippen LogP contribution in [0.5, 0.6) is 0 Å². The lowest BCUT2D eigenvalue weighted by molar-refractivity contribution is 1.56. The van der Waals surface area contributed by atoms with Gasteiger partial charge in [0.15, 0.2) is 0 Å². The Hall–Kier alpha value is -1.18. The van der Waals surface area contributed by atoms with Crippen LogP contribution in [0.2, 0.25) is 0 Å². The van der Waals surface area contributed by atoms with Crippen molar-refractivity contribution < 1.29 is 0 Å². The molecule has 0 saturated carbocycles. The van der Waals surface area contributed by atoms with E-state index in [1.807, 2.05) is 6.92 Å². The molecule has 0 bridgehead atoms. The largest absolute Gasteiger partial charge is 0.245 e. The molecule has 48 valence electrons. The van der Waals surface area contributed by atoms with E-state index in [0.29, 0.717) is 0 Å². The molecule has 0 radical (unpaired) electrons. The normalized spacial score (nSPS) is 11.9. The van der Waals surface area contributed by atoms with Gasteiger partial charge in [-0.25, -0.2) is 9.98 Å². The Morgan fingerprint density at radius 1 is 1.44 bits per heavy atom. The van der Waals surface area contributed by atoms with Crippen LogP contribution in [0.25, 0.3) is 0 Å². The molecule has 0 N–H and O–H groups in total. The maximum Gasteiger partial charge on any atom is 0.115 e. The van der Waals surface area contributed by atoms with Gasteiger partial charge in [-0.2, -0.15) is 0 Å². The maximum absolute atomic E-state index is 3.87. The van der Waals surface area contributed by atoms with E-state index in [4.69, 9.17) is 0 Å². The fraction of sp³-hybridized carbons (Fsp3) is 0.143. The number of nitrogens with zero attached hydrogens (tertiary/aromatic N) is 2. The first-order valence-corrected chi connectivity index (χ1v) is 2.60. The first kappa shape index (κ1) is 7.82. The van der Waals surface area contributed by atoms with Gasteiger partial charge in [-0.05, 0) is 13.0 Å². The molecule has 0 aliphatic rings. The van der Waals surface area contributed by atoms with Crippen LogP contribution >= 0.6 is 0 Å². The Bertz CT molecular complexity index is 154. The Labute approximate surface area is 55.3 Å². The first-order chi connectivity index (χ1) is 4.31. The minimum Gasteiger partial charge on any atom is -0.245 e. The molecular weight excluding hydrogens is 112 g/mol. The second-order valence-electron chi connectivity index (χ2n) is 1.42. The van der Waals surface area contributed by atoms with E-state index in [9.17, 15) is 0 Å². The summed E-state index contributed by atoms with van der Waals surface area (Å²) in [6.45, 7) is 8.76. The quantitative estimate of drug-likeness (QED) is 0.403. The first-order valence-electron chi connectivity index (χ1n) is 2.60. The Balaban J connectivity index is 3.81. The van der Waals surface area contributed by atoms with Gasteiger partial charge in [0, 0.05) is 11.9 Å². The third-order valence-corrected chi connectivity index (χ3v) is 0.729. The molecule has 0 aliphatic carbocycles. The third-order valence-electron chi connectivity index (χ3n) is 0.729. The fourth-order valence-corrected chi connectivity index (χ4v) is 0.224. The van der Waals surface area contributed by atoms with Crippen molar-refractivity contribution >= 4 is 12.1 Å². The van der Waals surface area contributed by atoms with Crippen molar-refractivity contribution in [2.45, 2.75) is 6.92 Å². The molecule has 0 aromatic carbocycles. The van der Waals surface area contributed by atoms with Gasteiger partial charge in [0.1, 0.15) is 6.34 Å². The average Bonchev–Trinajstić information content (AvgIpc) is 1.89. The van der Waals surface area contributed by atoms with Crippen molar-refractivity contribution in [2.24, 2.45) is 9.98 Å². The smallest absolute Gasteiger partial charge is 0.115 e. The highest BCUT2D eigenvalue weighted by Crippen LogP contribution is 1.75. The minimum absolute atomic E-state index is 0.848. The molecule has 2 heteroatoms. The summed E-state index contributed by atoms with van der Waals surface area (Å²) in [6, 6.07) is 0. The summed E-state index contributed by atoms with van der Waals surface area (Å²) >= 11 is 0. The molecule has 0 heterocycles. The zero-order chi connectivity index (χ0) is 7.11. The number of aliphatic imine (C=N–C) groups is 2. The topological polar surface area (TPSA) is 24.7 Å². The SMILES string of the molecule is C=CN=CN=C(C)C=C. The van der Waals surface area contributed by atoms with Crippen molar-refractivity contribution in [3.8, 4) is 0 Å². The van der Waals surface area contributed by atoms with Crippen molar-refractivity contribution in [3.05, 3.63) is 25.4 Å². The summed E-state index contributed by atoms with van der Waals surface area (Å²) in [7, 11) is 0. The van der Waals surface area contributed by atoms with Crippen LogP contribution in [0.15, 0.2) is 35.4 Å². The van der Waals surface area contributed by atoms with Crippen LogP contribution in [0.1, 0.15) is 6.92 Å². The number of rotatable bonds is 3. The second kappa shape index (κ2) is 4.97. The second-order valence-corrected chi connectivity index (χ2v) is 1.42. The third kappa shape index (κ3) is 4.68. The van der Waals surface area contributed by atoms with Gasteiger partial charge in [0.05, 0.1) is 0 Å². The van der Waals surface area contributed by atoms with Crippen LogP contribution in [-0.4, -0.2) is 12.1 Å². The maximum atomic E-state index is 3.87. The monoisotopic (exact) mass is 122 g/mol. The van der Waals surface area contributed by atoms with Gasteiger partial charge < -0.3 is 0 Å². The van der Waals surface area contributed by atoms with Gasteiger partial charge in [-0.3, -0.25) is 0 Å². The van der Waals surface area contributed by atoms with E-state index in [0.717, 1.165) is 5.71 Å². The molecule has 0 amide bonds. The zero-order valence-electron chi connectivity index (χ0n) is 5.54. The highest BCUT2D eigenvalue weighted by atomic mass is 14.8. The summed E-state index contributed by atoms with van der Waals surface area (Å²) in [6.07, 6.45) is 4.53. The minimum atomic E-state index is 0.848. The van der Waals surface area contributed by atoms with Crippen LogP contribution in [0.3, 0.4) is 0 Å². The molecule has 0 fully saturated rings. The Kier molecular flexibility index (Phi) is 4.32. The summed E-state index contributed by atoms with van der Waals surface area (Å²) < 4.78 is 0. The average molecular weight is 122 g/mol. The molecule has 0 aromatic heterocycles. The van der Waals surface area contributed by atoms with E-state index in [1.165, 1.54) is 12.5 Å². The Morgan fingerprint density at radius 2 is 2.11 bits per heavy atom. The van der Waals surface area contributed by atoms with Crippen LogP contribution in [0.4, 0.5) is 0 Å². The molecule has 9 heavy (non-hydrogen) atoms. The van der Waals surface area contributed by atoms with Gasteiger partial charge in [-0.15, -0.1) is 0 Å². The Morgan fingerprint density at radius 3 is 2.56 bits per heavy atom. The van der Waals surface area contributed by atoms with Crippen LogP contribution in [0, 0.1) is 0 Å². The van der Waals surface area contributed by atoms with Gasteiger partial charge >= 0.3 is 0 Å². The number of hydrogen-bond donors (Lipinski definition) is 0. The van der Waals surface area contributed by atoms with E-state index < -0.39 is 0 Å². The number of allylic oxidation sites excluding steroid dienone is 1. The summed E-state index contributed by atoms with van der Waals surface area (Å²) in [4.78, 5) is 7.53. The van der Waals surface area contributed by atoms with Gasteiger partial charge in [0.25, 0.3) is 0 Å². The molecular formula is C7H10N2. The van der Waals surface area contributed by atoms with Gasteiger partial charge in [0.2, 0.25) is 0 Å². The van der Waals surface area contributed by atoms with Crippen molar-refractivity contribution in [1.29, 1.82) is 0 Å². The molecule has 0 aromatic rings. The van der Waals surface area contributed by atoms with Crippen LogP contribution < -0.4 is 0 Å².